The van der Waals surface area contributed by atoms with Gasteiger partial charge in [-0.1, -0.05) is 67.8 Å². The van der Waals surface area contributed by atoms with Crippen molar-refractivity contribution in [3.63, 3.8) is 0 Å². The van der Waals surface area contributed by atoms with Crippen LogP contribution < -0.4 is 16.4 Å². The van der Waals surface area contributed by atoms with Gasteiger partial charge in [0.25, 0.3) is 5.91 Å². The van der Waals surface area contributed by atoms with Crippen molar-refractivity contribution in [1.29, 1.82) is 0 Å². The minimum Gasteiger partial charge on any atom is -0.462 e. The highest BCUT2D eigenvalue weighted by Crippen LogP contribution is 2.39. The number of nitrogens with one attached hydrogen (secondary N) is 2. The maximum absolute atomic E-state index is 13.2. The minimum atomic E-state index is -0.412. The van der Waals surface area contributed by atoms with Gasteiger partial charge in [-0.05, 0) is 61.1 Å². The Kier molecular flexibility index (Phi) is 7.37. The number of carbonyl (C=O) groups excluding carboxylic acids is 2. The molecule has 3 aromatic carbocycles. The summed E-state index contributed by atoms with van der Waals surface area (Å²) in [4.78, 5) is 25.4. The van der Waals surface area contributed by atoms with Gasteiger partial charge in [-0.3, -0.25) is 4.79 Å². The van der Waals surface area contributed by atoms with Gasteiger partial charge < -0.3 is 21.1 Å². The van der Waals surface area contributed by atoms with Gasteiger partial charge in [0.15, 0.2) is 0 Å². The fourth-order valence-electron chi connectivity index (χ4n) is 5.34. The van der Waals surface area contributed by atoms with E-state index >= 15 is 0 Å². The van der Waals surface area contributed by atoms with Gasteiger partial charge >= 0.3 is 5.97 Å². The van der Waals surface area contributed by atoms with Crippen molar-refractivity contribution in [2.45, 2.75) is 45.1 Å². The van der Waals surface area contributed by atoms with E-state index in [-0.39, 0.29) is 11.9 Å². The zero-order valence-electron chi connectivity index (χ0n) is 21.1. The van der Waals surface area contributed by atoms with Gasteiger partial charge in [-0.25, -0.2) is 4.79 Å². The van der Waals surface area contributed by atoms with Crippen molar-refractivity contribution in [2.24, 2.45) is 11.7 Å². The highest BCUT2D eigenvalue weighted by molar-refractivity contribution is 6.37. The first kappa shape index (κ1) is 24.8. The molecule has 190 valence electrons. The molecule has 1 aliphatic heterocycles. The number of hydrogen-bond acceptors (Lipinski definition) is 5. The standard InChI is InChI=1S/C31H33N3O3/c1-2-37-31(36)23-15-18-25-26(19-23)34-30(35)27(25)29(22-11-7-4-8-12-22)33-24-16-13-21(14-17-24)28(32)20-9-5-3-6-10-20/h4,7-8,11-20,28,33H,2-3,5-6,9-10,32H2,1H3,(H,34,35)/b29-27-. The van der Waals surface area contributed by atoms with Crippen molar-refractivity contribution >= 4 is 34.5 Å². The molecule has 1 aliphatic carbocycles. The van der Waals surface area contributed by atoms with E-state index in [1.807, 2.05) is 42.5 Å². The molecule has 37 heavy (non-hydrogen) atoms. The third kappa shape index (κ3) is 5.30. The molecule has 1 fully saturated rings. The Balaban J connectivity index is 1.48. The first-order chi connectivity index (χ1) is 18.0. The lowest BCUT2D eigenvalue weighted by molar-refractivity contribution is -0.110. The molecular weight excluding hydrogens is 462 g/mol. The van der Waals surface area contributed by atoms with Crippen molar-refractivity contribution in [1.82, 2.24) is 0 Å². The molecule has 1 amide bonds. The molecule has 1 atom stereocenters. The lowest BCUT2D eigenvalue weighted by Crippen LogP contribution is -2.23. The van der Waals surface area contributed by atoms with Crippen LogP contribution in [0.5, 0.6) is 0 Å². The Morgan fingerprint density at radius 3 is 2.43 bits per heavy atom. The minimum absolute atomic E-state index is 0.0439. The summed E-state index contributed by atoms with van der Waals surface area (Å²) < 4.78 is 5.12. The first-order valence-electron chi connectivity index (χ1n) is 13.1. The van der Waals surface area contributed by atoms with E-state index in [1.54, 1.807) is 25.1 Å². The normalized spacial score (nSPS) is 17.5. The number of hydrogen-bond donors (Lipinski definition) is 3. The van der Waals surface area contributed by atoms with Crippen LogP contribution in [0.4, 0.5) is 11.4 Å². The van der Waals surface area contributed by atoms with E-state index in [9.17, 15) is 9.59 Å². The van der Waals surface area contributed by atoms with Crippen LogP contribution in [0.3, 0.4) is 0 Å². The predicted octanol–water partition coefficient (Wildman–Crippen LogP) is 6.38. The van der Waals surface area contributed by atoms with Crippen LogP contribution in [0.15, 0.2) is 72.8 Å². The van der Waals surface area contributed by atoms with E-state index in [0.717, 1.165) is 22.4 Å². The highest BCUT2D eigenvalue weighted by atomic mass is 16.5. The summed E-state index contributed by atoms with van der Waals surface area (Å²) in [5.74, 6) is -0.101. The number of anilines is 2. The molecular formula is C31H33N3O3. The van der Waals surface area contributed by atoms with E-state index in [0.29, 0.717) is 35.0 Å². The summed E-state index contributed by atoms with van der Waals surface area (Å²) in [6.07, 6.45) is 6.22. The summed E-state index contributed by atoms with van der Waals surface area (Å²) >= 11 is 0. The quantitative estimate of drug-likeness (QED) is 0.261. The molecule has 5 rings (SSSR count). The van der Waals surface area contributed by atoms with Crippen molar-refractivity contribution < 1.29 is 14.3 Å². The van der Waals surface area contributed by atoms with Gasteiger partial charge in [0.1, 0.15) is 0 Å². The van der Waals surface area contributed by atoms with Gasteiger partial charge in [0.2, 0.25) is 0 Å². The molecule has 1 heterocycles. The Hall–Kier alpha value is -3.90. The van der Waals surface area contributed by atoms with Gasteiger partial charge in [0, 0.05) is 17.3 Å². The fourth-order valence-corrected chi connectivity index (χ4v) is 5.34. The number of ether oxygens (including phenoxy) is 1. The molecule has 6 heteroatoms. The number of rotatable bonds is 7. The van der Waals surface area contributed by atoms with Crippen LogP contribution >= 0.6 is 0 Å². The maximum Gasteiger partial charge on any atom is 0.338 e. The second-order valence-corrected chi connectivity index (χ2v) is 9.72. The average Bonchev–Trinajstić information content (AvgIpc) is 3.27. The lowest BCUT2D eigenvalue weighted by Gasteiger charge is -2.28. The van der Waals surface area contributed by atoms with E-state index in [1.165, 1.54) is 32.1 Å². The zero-order chi connectivity index (χ0) is 25.8. The van der Waals surface area contributed by atoms with Crippen molar-refractivity contribution in [2.75, 3.05) is 17.2 Å². The number of carbonyl (C=O) groups is 2. The van der Waals surface area contributed by atoms with Crippen LogP contribution in [0.2, 0.25) is 0 Å². The van der Waals surface area contributed by atoms with Crippen LogP contribution in [0.1, 0.15) is 72.1 Å². The average molecular weight is 496 g/mol. The Labute approximate surface area is 217 Å². The molecule has 1 unspecified atom stereocenters. The third-order valence-electron chi connectivity index (χ3n) is 7.31. The summed E-state index contributed by atoms with van der Waals surface area (Å²) in [5, 5.41) is 6.42. The van der Waals surface area contributed by atoms with E-state index in [4.69, 9.17) is 10.5 Å². The number of nitrogens with two attached hydrogens (primary N) is 1. The maximum atomic E-state index is 13.2. The molecule has 3 aromatic rings. The highest BCUT2D eigenvalue weighted by Gasteiger charge is 2.29. The third-order valence-corrected chi connectivity index (χ3v) is 7.31. The molecule has 0 radical (unpaired) electrons. The number of fused-ring (bicyclic) bond motifs is 1. The monoisotopic (exact) mass is 495 g/mol. The van der Waals surface area contributed by atoms with Gasteiger partial charge in [-0.15, -0.1) is 0 Å². The van der Waals surface area contributed by atoms with Crippen molar-refractivity contribution in [3.05, 3.63) is 95.1 Å². The van der Waals surface area contributed by atoms with Crippen LogP contribution in [0.25, 0.3) is 11.3 Å². The molecule has 0 bridgehead atoms. The Morgan fingerprint density at radius 1 is 1.00 bits per heavy atom. The molecule has 2 aliphatic rings. The van der Waals surface area contributed by atoms with Crippen LogP contribution in [0, 0.1) is 5.92 Å². The second kappa shape index (κ2) is 11.0. The van der Waals surface area contributed by atoms with E-state index in [2.05, 4.69) is 22.8 Å². The molecule has 6 nitrogen and oxygen atoms in total. The van der Waals surface area contributed by atoms with Gasteiger partial charge in [-0.2, -0.15) is 0 Å². The van der Waals surface area contributed by atoms with Crippen molar-refractivity contribution in [3.8, 4) is 0 Å². The summed E-state index contributed by atoms with van der Waals surface area (Å²) in [6, 6.07) is 23.2. The lowest BCUT2D eigenvalue weighted by atomic mass is 9.81. The number of esters is 1. The molecule has 0 spiro atoms. The Bertz CT molecular complexity index is 1310. The molecule has 4 N–H and O–H groups in total. The summed E-state index contributed by atoms with van der Waals surface area (Å²) in [5.41, 5.74) is 12.5. The second-order valence-electron chi connectivity index (χ2n) is 9.72. The molecule has 0 saturated heterocycles. The SMILES string of the molecule is CCOC(=O)c1ccc2c(c1)NC(=O)/C2=C(\Nc1ccc(C(N)C2CCCCC2)cc1)c1ccccc1. The fraction of sp³-hybridized carbons (Fsp3) is 0.290. The van der Waals surface area contributed by atoms with E-state index < -0.39 is 5.97 Å². The summed E-state index contributed by atoms with van der Waals surface area (Å²) in [7, 11) is 0. The zero-order valence-corrected chi connectivity index (χ0v) is 21.1. The Morgan fingerprint density at radius 2 is 1.73 bits per heavy atom. The number of benzene rings is 3. The van der Waals surface area contributed by atoms with Gasteiger partial charge in [0.05, 0.1) is 29.1 Å². The molecule has 0 aromatic heterocycles. The van der Waals surface area contributed by atoms with Crippen LogP contribution in [-0.2, 0) is 9.53 Å². The first-order valence-corrected chi connectivity index (χ1v) is 13.1. The summed E-state index contributed by atoms with van der Waals surface area (Å²) in [6.45, 7) is 2.06. The van der Waals surface area contributed by atoms with Crippen LogP contribution in [-0.4, -0.2) is 18.5 Å². The predicted molar refractivity (Wildman–Crippen MR) is 148 cm³/mol. The molecule has 1 saturated carbocycles. The smallest absolute Gasteiger partial charge is 0.338 e. The largest absolute Gasteiger partial charge is 0.462 e. The number of amides is 1. The topological polar surface area (TPSA) is 93.4 Å².